The molecule has 1 rings (SSSR count). The first-order chi connectivity index (χ1) is 11.5. The zero-order chi connectivity index (χ0) is 19.2. The molecular formula is C14H16F2N2O6S. The number of alkyl halides is 2. The summed E-state index contributed by atoms with van der Waals surface area (Å²) in [4.78, 5) is 33.7. The number of urea groups is 1. The number of esters is 1. The number of benzene rings is 1. The van der Waals surface area contributed by atoms with Crippen molar-refractivity contribution in [2.24, 2.45) is 0 Å². The van der Waals surface area contributed by atoms with Crippen LogP contribution in [0, 0.1) is 0 Å². The maximum Gasteiger partial charge on any atom is 0.341 e. The summed E-state index contributed by atoms with van der Waals surface area (Å²) in [5, 5.41) is 4.32. The second-order valence-electron chi connectivity index (χ2n) is 5.08. The molecule has 0 atom stereocenters. The van der Waals surface area contributed by atoms with Crippen molar-refractivity contribution in [3.05, 3.63) is 29.8 Å². The number of amides is 3. The Kier molecular flexibility index (Phi) is 6.97. The molecule has 0 bridgehead atoms. The van der Waals surface area contributed by atoms with Gasteiger partial charge in [-0.2, -0.15) is 8.78 Å². The fourth-order valence-electron chi connectivity index (χ4n) is 1.56. The number of sulfone groups is 1. The second kappa shape index (κ2) is 8.51. The number of imide groups is 1. The number of rotatable bonds is 6. The minimum Gasteiger partial charge on any atom is -0.452 e. The molecule has 0 radical (unpaired) electrons. The van der Waals surface area contributed by atoms with Crippen LogP contribution in [0.1, 0.15) is 24.2 Å². The highest BCUT2D eigenvalue weighted by Crippen LogP contribution is 2.18. The van der Waals surface area contributed by atoms with E-state index in [0.717, 1.165) is 24.3 Å². The summed E-state index contributed by atoms with van der Waals surface area (Å²) in [7, 11) is -4.76. The molecule has 0 saturated heterocycles. The molecule has 138 valence electrons. The average Bonchev–Trinajstić information content (AvgIpc) is 2.51. The Hall–Kier alpha value is -2.56. The molecule has 0 heterocycles. The Labute approximate surface area is 142 Å². The van der Waals surface area contributed by atoms with Crippen LogP contribution in [0.2, 0.25) is 0 Å². The normalized spacial score (nSPS) is 11.3. The number of hydrogen-bond donors (Lipinski definition) is 2. The van der Waals surface area contributed by atoms with E-state index in [1.54, 1.807) is 13.8 Å². The topological polar surface area (TPSA) is 119 Å². The van der Waals surface area contributed by atoms with E-state index in [4.69, 9.17) is 0 Å². The minimum atomic E-state index is -4.76. The van der Waals surface area contributed by atoms with Gasteiger partial charge in [0.1, 0.15) is 0 Å². The lowest BCUT2D eigenvalue weighted by molar-refractivity contribution is -0.123. The molecule has 0 fully saturated rings. The van der Waals surface area contributed by atoms with Crippen LogP contribution in [0.15, 0.2) is 29.2 Å². The molecule has 3 amide bonds. The van der Waals surface area contributed by atoms with Gasteiger partial charge in [-0.15, -0.1) is 0 Å². The van der Waals surface area contributed by atoms with Crippen molar-refractivity contribution in [3.63, 3.8) is 0 Å². The van der Waals surface area contributed by atoms with Gasteiger partial charge in [-0.05, 0) is 38.1 Å². The van der Waals surface area contributed by atoms with E-state index in [0.29, 0.717) is 0 Å². The van der Waals surface area contributed by atoms with Crippen molar-refractivity contribution in [3.8, 4) is 0 Å². The third-order valence-corrected chi connectivity index (χ3v) is 4.06. The SMILES string of the molecule is CC(C)NC(=O)NC(=O)COC(=O)c1ccc(S(=O)(=O)C(F)F)cc1. The first-order valence-electron chi connectivity index (χ1n) is 6.93. The van der Waals surface area contributed by atoms with Crippen molar-refractivity contribution in [2.75, 3.05) is 6.61 Å². The highest BCUT2D eigenvalue weighted by Gasteiger charge is 2.26. The first-order valence-corrected chi connectivity index (χ1v) is 8.48. The smallest absolute Gasteiger partial charge is 0.341 e. The van der Waals surface area contributed by atoms with Gasteiger partial charge >= 0.3 is 17.8 Å². The van der Waals surface area contributed by atoms with Crippen molar-refractivity contribution < 1.29 is 36.3 Å². The van der Waals surface area contributed by atoms with Crippen LogP contribution in [0.4, 0.5) is 13.6 Å². The van der Waals surface area contributed by atoms with Crippen LogP contribution < -0.4 is 10.6 Å². The summed E-state index contributed by atoms with van der Waals surface area (Å²) in [5.74, 6) is -5.44. The monoisotopic (exact) mass is 378 g/mol. The molecule has 0 aliphatic carbocycles. The summed E-state index contributed by atoms with van der Waals surface area (Å²) in [6.45, 7) is 2.62. The lowest BCUT2D eigenvalue weighted by Crippen LogP contribution is -2.44. The van der Waals surface area contributed by atoms with Crippen LogP contribution in [0.25, 0.3) is 0 Å². The molecule has 8 nitrogen and oxygen atoms in total. The number of nitrogens with one attached hydrogen (secondary N) is 2. The number of carbonyl (C=O) groups is 3. The van der Waals surface area contributed by atoms with E-state index in [1.165, 1.54) is 0 Å². The lowest BCUT2D eigenvalue weighted by Gasteiger charge is -2.09. The van der Waals surface area contributed by atoms with E-state index in [1.807, 2.05) is 5.32 Å². The van der Waals surface area contributed by atoms with Crippen molar-refractivity contribution in [1.29, 1.82) is 0 Å². The van der Waals surface area contributed by atoms with Gasteiger partial charge in [0.15, 0.2) is 6.61 Å². The molecule has 11 heteroatoms. The third-order valence-electron chi connectivity index (χ3n) is 2.66. The molecule has 1 aromatic rings. The van der Waals surface area contributed by atoms with E-state index in [2.05, 4.69) is 10.1 Å². The molecule has 1 aromatic carbocycles. The van der Waals surface area contributed by atoms with Gasteiger partial charge in [-0.25, -0.2) is 18.0 Å². The van der Waals surface area contributed by atoms with Gasteiger partial charge in [-0.3, -0.25) is 10.1 Å². The zero-order valence-electron chi connectivity index (χ0n) is 13.3. The summed E-state index contributed by atoms with van der Waals surface area (Å²) in [5.41, 5.74) is -0.146. The molecule has 0 saturated carbocycles. The van der Waals surface area contributed by atoms with Gasteiger partial charge in [0, 0.05) is 6.04 Å². The maximum absolute atomic E-state index is 12.4. The van der Waals surface area contributed by atoms with Crippen LogP contribution in [0.3, 0.4) is 0 Å². The van der Waals surface area contributed by atoms with Crippen molar-refractivity contribution >= 4 is 27.7 Å². The average molecular weight is 378 g/mol. The number of hydrogen-bond acceptors (Lipinski definition) is 6. The van der Waals surface area contributed by atoms with Crippen molar-refractivity contribution in [2.45, 2.75) is 30.5 Å². The highest BCUT2D eigenvalue weighted by atomic mass is 32.2. The quantitative estimate of drug-likeness (QED) is 0.715. The molecule has 25 heavy (non-hydrogen) atoms. The third kappa shape index (κ3) is 6.10. The number of carbonyl (C=O) groups excluding carboxylic acids is 3. The van der Waals surface area contributed by atoms with E-state index >= 15 is 0 Å². The highest BCUT2D eigenvalue weighted by molar-refractivity contribution is 7.91. The number of ether oxygens (including phenoxy) is 1. The van der Waals surface area contributed by atoms with E-state index in [-0.39, 0.29) is 11.6 Å². The Morgan fingerprint density at radius 2 is 1.68 bits per heavy atom. The Morgan fingerprint density at radius 3 is 2.16 bits per heavy atom. The van der Waals surface area contributed by atoms with Crippen molar-refractivity contribution in [1.82, 2.24) is 10.6 Å². The predicted molar refractivity (Wildman–Crippen MR) is 81.7 cm³/mol. The minimum absolute atomic E-state index is 0.146. The first kappa shape index (κ1) is 20.5. The fraction of sp³-hybridized carbons (Fsp3) is 0.357. The molecule has 0 spiro atoms. The second-order valence-corrected chi connectivity index (χ2v) is 7.00. The molecule has 0 aromatic heterocycles. The number of halogens is 2. The summed E-state index contributed by atoms with van der Waals surface area (Å²) in [6.07, 6.45) is 0. The Morgan fingerprint density at radius 1 is 1.12 bits per heavy atom. The van der Waals surface area contributed by atoms with Crippen LogP contribution in [-0.2, 0) is 19.4 Å². The van der Waals surface area contributed by atoms with Gasteiger partial charge in [-0.1, -0.05) is 0 Å². The molecule has 0 aliphatic heterocycles. The maximum atomic E-state index is 12.4. The van der Waals surface area contributed by atoms with Crippen LogP contribution >= 0.6 is 0 Å². The van der Waals surface area contributed by atoms with E-state index < -0.39 is 45.0 Å². The lowest BCUT2D eigenvalue weighted by atomic mass is 10.2. The zero-order valence-corrected chi connectivity index (χ0v) is 14.1. The molecular weight excluding hydrogens is 362 g/mol. The standard InChI is InChI=1S/C14H16F2N2O6S/c1-8(2)17-14(21)18-11(19)7-24-12(20)9-3-5-10(6-4-9)25(22,23)13(15)16/h3-6,8,13H,7H2,1-2H3,(H2,17,18,19,21). The van der Waals surface area contributed by atoms with Gasteiger partial charge in [0.25, 0.3) is 5.91 Å². The van der Waals surface area contributed by atoms with Crippen LogP contribution in [0.5, 0.6) is 0 Å². The van der Waals surface area contributed by atoms with Crippen LogP contribution in [-0.4, -0.2) is 44.7 Å². The summed E-state index contributed by atoms with van der Waals surface area (Å²) >= 11 is 0. The Bertz CT molecular complexity index is 747. The summed E-state index contributed by atoms with van der Waals surface area (Å²) in [6, 6.07) is 2.65. The predicted octanol–water partition coefficient (Wildman–Crippen LogP) is 1.07. The molecule has 2 N–H and O–H groups in total. The fourth-order valence-corrected chi connectivity index (χ4v) is 2.28. The summed E-state index contributed by atoms with van der Waals surface area (Å²) < 4.78 is 51.9. The van der Waals surface area contributed by atoms with E-state index in [9.17, 15) is 31.6 Å². The molecule has 0 aliphatic rings. The molecule has 0 unspecified atom stereocenters. The Balaban J connectivity index is 2.61. The van der Waals surface area contributed by atoms with Gasteiger partial charge in [0.2, 0.25) is 9.84 Å². The largest absolute Gasteiger partial charge is 0.452 e. The van der Waals surface area contributed by atoms with Gasteiger partial charge in [0.05, 0.1) is 10.5 Å². The van der Waals surface area contributed by atoms with Gasteiger partial charge < -0.3 is 10.1 Å².